The molecule has 2 N–H and O–H groups in total. The van der Waals surface area contributed by atoms with Crippen LogP contribution < -0.4 is 10.6 Å². The summed E-state index contributed by atoms with van der Waals surface area (Å²) in [6.07, 6.45) is 0. The number of nitrogens with one attached hydrogen (secondary N) is 2. The van der Waals surface area contributed by atoms with E-state index in [-0.39, 0.29) is 24.5 Å². The molecular weight excluding hydrogens is 356 g/mol. The van der Waals surface area contributed by atoms with Crippen molar-refractivity contribution in [3.05, 3.63) is 71.3 Å². The lowest BCUT2D eigenvalue weighted by molar-refractivity contribution is -0.147. The van der Waals surface area contributed by atoms with Gasteiger partial charge in [0.15, 0.2) is 6.61 Å². The molecule has 6 heteroatoms. The van der Waals surface area contributed by atoms with Crippen LogP contribution in [-0.2, 0) is 26.3 Å². The minimum Gasteiger partial charge on any atom is -0.454 e. The van der Waals surface area contributed by atoms with Crippen molar-refractivity contribution in [1.82, 2.24) is 10.6 Å². The summed E-state index contributed by atoms with van der Waals surface area (Å²) in [5, 5.41) is 5.15. The molecule has 6 nitrogen and oxygen atoms in total. The Morgan fingerprint density at radius 2 is 1.54 bits per heavy atom. The van der Waals surface area contributed by atoms with Gasteiger partial charge in [-0.3, -0.25) is 14.4 Å². The summed E-state index contributed by atoms with van der Waals surface area (Å²) < 4.78 is 4.88. The number of carbonyl (C=O) groups excluding carboxylic acids is 3. The summed E-state index contributed by atoms with van der Waals surface area (Å²) in [6.45, 7) is 5.95. The summed E-state index contributed by atoms with van der Waals surface area (Å²) in [6, 6.07) is 16.6. The highest BCUT2D eigenvalue weighted by Crippen LogP contribution is 2.22. The highest BCUT2D eigenvalue weighted by atomic mass is 16.5. The number of rotatable bonds is 7. The third kappa shape index (κ3) is 6.87. The van der Waals surface area contributed by atoms with Gasteiger partial charge in [0.1, 0.15) is 6.54 Å². The zero-order valence-electron chi connectivity index (χ0n) is 16.5. The van der Waals surface area contributed by atoms with Crippen LogP contribution in [0.3, 0.4) is 0 Å². The Morgan fingerprint density at radius 1 is 0.893 bits per heavy atom. The van der Waals surface area contributed by atoms with E-state index in [1.54, 1.807) is 12.1 Å². The van der Waals surface area contributed by atoms with Crippen LogP contribution in [0.2, 0.25) is 0 Å². The maximum Gasteiger partial charge on any atom is 0.325 e. The number of ether oxygens (including phenoxy) is 1. The molecule has 2 aromatic carbocycles. The average molecular weight is 382 g/mol. The van der Waals surface area contributed by atoms with Gasteiger partial charge < -0.3 is 15.4 Å². The van der Waals surface area contributed by atoms with Gasteiger partial charge in [0.05, 0.1) is 0 Å². The van der Waals surface area contributed by atoms with E-state index in [0.717, 1.165) is 11.1 Å². The molecule has 0 fully saturated rings. The number of carbonyl (C=O) groups is 3. The average Bonchev–Trinajstić information content (AvgIpc) is 2.69. The van der Waals surface area contributed by atoms with Crippen molar-refractivity contribution in [3.8, 4) is 0 Å². The predicted octanol–water partition coefficient (Wildman–Crippen LogP) is 2.57. The van der Waals surface area contributed by atoms with Gasteiger partial charge in [-0.05, 0) is 28.7 Å². The Morgan fingerprint density at radius 3 is 2.14 bits per heavy atom. The summed E-state index contributed by atoms with van der Waals surface area (Å²) in [4.78, 5) is 35.6. The SMILES string of the molecule is CC(C)(C)c1ccc(C(=O)NCC(=O)OCC(=O)NCc2ccccc2)cc1. The Hall–Kier alpha value is -3.15. The first kappa shape index (κ1) is 21.2. The molecule has 0 aliphatic heterocycles. The van der Waals surface area contributed by atoms with Gasteiger partial charge in [0.2, 0.25) is 0 Å². The Balaban J connectivity index is 1.70. The Labute approximate surface area is 165 Å². The minimum absolute atomic E-state index is 0.000103. The van der Waals surface area contributed by atoms with Gasteiger partial charge in [-0.2, -0.15) is 0 Å². The molecule has 0 saturated carbocycles. The topological polar surface area (TPSA) is 84.5 Å². The van der Waals surface area contributed by atoms with Crippen molar-refractivity contribution in [2.45, 2.75) is 32.7 Å². The molecule has 28 heavy (non-hydrogen) atoms. The lowest BCUT2D eigenvalue weighted by Gasteiger charge is -2.19. The maximum atomic E-state index is 12.1. The van der Waals surface area contributed by atoms with Crippen LogP contribution in [0.1, 0.15) is 42.3 Å². The van der Waals surface area contributed by atoms with E-state index in [9.17, 15) is 14.4 Å². The van der Waals surface area contributed by atoms with Crippen molar-refractivity contribution in [1.29, 1.82) is 0 Å². The summed E-state index contributed by atoms with van der Waals surface area (Å²) in [7, 11) is 0. The number of esters is 1. The molecule has 2 rings (SSSR count). The molecule has 0 atom stereocenters. The number of amides is 2. The molecule has 0 aromatic heterocycles. The summed E-state index contributed by atoms with van der Waals surface area (Å²) in [5.74, 6) is -1.44. The fraction of sp³-hybridized carbons (Fsp3) is 0.318. The van der Waals surface area contributed by atoms with E-state index < -0.39 is 11.9 Å². The lowest BCUT2D eigenvalue weighted by Crippen LogP contribution is -2.33. The van der Waals surface area contributed by atoms with Gasteiger partial charge in [0.25, 0.3) is 11.8 Å². The molecule has 148 valence electrons. The summed E-state index contributed by atoms with van der Waals surface area (Å²) in [5.41, 5.74) is 2.53. The molecule has 0 saturated heterocycles. The molecule has 2 amide bonds. The van der Waals surface area contributed by atoms with Crippen LogP contribution in [-0.4, -0.2) is 30.9 Å². The maximum absolute atomic E-state index is 12.1. The van der Waals surface area contributed by atoms with Crippen molar-refractivity contribution >= 4 is 17.8 Å². The molecule has 0 unspecified atom stereocenters. The number of hydrogen-bond acceptors (Lipinski definition) is 4. The largest absolute Gasteiger partial charge is 0.454 e. The van der Waals surface area contributed by atoms with E-state index in [4.69, 9.17) is 4.74 Å². The lowest BCUT2D eigenvalue weighted by atomic mass is 9.87. The van der Waals surface area contributed by atoms with Gasteiger partial charge in [-0.15, -0.1) is 0 Å². The van der Waals surface area contributed by atoms with E-state index in [1.165, 1.54) is 0 Å². The van der Waals surface area contributed by atoms with Crippen molar-refractivity contribution in [3.63, 3.8) is 0 Å². The highest BCUT2D eigenvalue weighted by Gasteiger charge is 2.15. The second-order valence-electron chi connectivity index (χ2n) is 7.43. The van der Waals surface area contributed by atoms with E-state index in [0.29, 0.717) is 12.1 Å². The normalized spacial score (nSPS) is 10.8. The molecular formula is C22H26N2O4. The predicted molar refractivity (Wildman–Crippen MR) is 107 cm³/mol. The van der Waals surface area contributed by atoms with Gasteiger partial charge in [0, 0.05) is 12.1 Å². The smallest absolute Gasteiger partial charge is 0.325 e. The standard InChI is InChI=1S/C22H26N2O4/c1-22(2,3)18-11-9-17(10-12-18)21(27)24-14-20(26)28-15-19(25)23-13-16-7-5-4-6-8-16/h4-12H,13-15H2,1-3H3,(H,23,25)(H,24,27). The first-order valence-corrected chi connectivity index (χ1v) is 9.10. The first-order chi connectivity index (χ1) is 13.3. The molecule has 0 spiro atoms. The zero-order chi connectivity index (χ0) is 20.6. The van der Waals surface area contributed by atoms with Crippen LogP contribution in [0.5, 0.6) is 0 Å². The molecule has 0 bridgehead atoms. The van der Waals surface area contributed by atoms with Crippen molar-refractivity contribution in [2.75, 3.05) is 13.2 Å². The Bertz CT molecular complexity index is 809. The number of hydrogen-bond donors (Lipinski definition) is 2. The van der Waals surface area contributed by atoms with E-state index in [1.807, 2.05) is 42.5 Å². The van der Waals surface area contributed by atoms with Crippen LogP contribution in [0, 0.1) is 0 Å². The zero-order valence-corrected chi connectivity index (χ0v) is 16.5. The molecule has 2 aromatic rings. The quantitative estimate of drug-likeness (QED) is 0.721. The molecule has 0 aliphatic rings. The summed E-state index contributed by atoms with van der Waals surface area (Å²) >= 11 is 0. The fourth-order valence-corrected chi connectivity index (χ4v) is 2.42. The van der Waals surface area contributed by atoms with Crippen LogP contribution in [0.25, 0.3) is 0 Å². The third-order valence-electron chi connectivity index (χ3n) is 4.10. The van der Waals surface area contributed by atoms with Crippen LogP contribution in [0.4, 0.5) is 0 Å². The molecule has 0 aliphatic carbocycles. The Kier molecular flexibility index (Phi) is 7.32. The molecule has 0 radical (unpaired) electrons. The second kappa shape index (κ2) is 9.69. The van der Waals surface area contributed by atoms with Gasteiger partial charge in [-0.25, -0.2) is 0 Å². The van der Waals surface area contributed by atoms with E-state index in [2.05, 4.69) is 31.4 Å². The minimum atomic E-state index is -0.672. The van der Waals surface area contributed by atoms with Crippen LogP contribution >= 0.6 is 0 Å². The molecule has 0 heterocycles. The van der Waals surface area contributed by atoms with E-state index >= 15 is 0 Å². The van der Waals surface area contributed by atoms with Crippen molar-refractivity contribution < 1.29 is 19.1 Å². The third-order valence-corrected chi connectivity index (χ3v) is 4.10. The van der Waals surface area contributed by atoms with Crippen molar-refractivity contribution in [2.24, 2.45) is 0 Å². The van der Waals surface area contributed by atoms with Gasteiger partial charge in [-0.1, -0.05) is 63.2 Å². The van der Waals surface area contributed by atoms with Crippen LogP contribution in [0.15, 0.2) is 54.6 Å². The monoisotopic (exact) mass is 382 g/mol. The second-order valence-corrected chi connectivity index (χ2v) is 7.43. The fourth-order valence-electron chi connectivity index (χ4n) is 2.42. The first-order valence-electron chi connectivity index (χ1n) is 9.10. The van der Waals surface area contributed by atoms with Gasteiger partial charge >= 0.3 is 5.97 Å². The number of benzene rings is 2. The highest BCUT2D eigenvalue weighted by molar-refractivity contribution is 5.96.